The average Bonchev–Trinajstić information content (AvgIpc) is 3.11. The Labute approximate surface area is 154 Å². The smallest absolute Gasteiger partial charge is 0.243 e. The van der Waals surface area contributed by atoms with Crippen molar-refractivity contribution in [3.63, 3.8) is 0 Å². The molecule has 1 aliphatic heterocycles. The Morgan fingerprint density at radius 2 is 2.00 bits per heavy atom. The van der Waals surface area contributed by atoms with Gasteiger partial charge in [0.05, 0.1) is 30.9 Å². The van der Waals surface area contributed by atoms with E-state index in [0.717, 1.165) is 29.0 Å². The summed E-state index contributed by atoms with van der Waals surface area (Å²) < 4.78 is 40.7. The van der Waals surface area contributed by atoms with Crippen molar-refractivity contribution in [3.05, 3.63) is 41.2 Å². The molecule has 1 aliphatic rings. The van der Waals surface area contributed by atoms with Gasteiger partial charge in [0.2, 0.25) is 10.0 Å². The summed E-state index contributed by atoms with van der Waals surface area (Å²) in [5.41, 5.74) is 2.51. The Balaban J connectivity index is 1.87. The predicted molar refractivity (Wildman–Crippen MR) is 97.8 cm³/mol. The molecule has 2 heterocycles. The van der Waals surface area contributed by atoms with E-state index in [0.29, 0.717) is 18.0 Å². The van der Waals surface area contributed by atoms with Crippen molar-refractivity contribution < 1.29 is 17.9 Å². The highest BCUT2D eigenvalue weighted by atomic mass is 32.2. The molecule has 8 heteroatoms. The molecule has 1 unspecified atom stereocenters. The Morgan fingerprint density at radius 3 is 2.58 bits per heavy atom. The van der Waals surface area contributed by atoms with Crippen LogP contribution in [0.2, 0.25) is 0 Å². The van der Waals surface area contributed by atoms with E-state index < -0.39 is 10.0 Å². The molecule has 3 rings (SSSR count). The zero-order chi connectivity index (χ0) is 18.9. The van der Waals surface area contributed by atoms with E-state index in [-0.39, 0.29) is 12.6 Å². The summed E-state index contributed by atoms with van der Waals surface area (Å²) in [7, 11) is -2.01. The quantitative estimate of drug-likeness (QED) is 0.797. The summed E-state index contributed by atoms with van der Waals surface area (Å²) >= 11 is 0. The van der Waals surface area contributed by atoms with Gasteiger partial charge in [0.1, 0.15) is 5.75 Å². The molecule has 0 radical (unpaired) electrons. The number of sulfonamides is 1. The number of nitrogens with zero attached hydrogens (tertiary/aromatic N) is 3. The fourth-order valence-electron chi connectivity index (χ4n) is 3.29. The number of rotatable bonds is 5. The zero-order valence-corrected chi connectivity index (χ0v) is 16.4. The van der Waals surface area contributed by atoms with Gasteiger partial charge < -0.3 is 9.47 Å². The SMILES string of the molecule is CCn1cc(C2CN(S(=O)(=O)c3cc(C)c(OC)c(C)c3)CCO2)cn1. The van der Waals surface area contributed by atoms with Gasteiger partial charge in [-0.15, -0.1) is 0 Å². The van der Waals surface area contributed by atoms with Gasteiger partial charge in [-0.05, 0) is 44.0 Å². The molecule has 1 saturated heterocycles. The van der Waals surface area contributed by atoms with Crippen LogP contribution >= 0.6 is 0 Å². The lowest BCUT2D eigenvalue weighted by Gasteiger charge is -2.32. The molecule has 0 amide bonds. The molecule has 26 heavy (non-hydrogen) atoms. The number of hydrogen-bond acceptors (Lipinski definition) is 5. The minimum atomic E-state index is -3.60. The lowest BCUT2D eigenvalue weighted by molar-refractivity contribution is -0.00260. The van der Waals surface area contributed by atoms with E-state index >= 15 is 0 Å². The van der Waals surface area contributed by atoms with E-state index in [9.17, 15) is 8.42 Å². The van der Waals surface area contributed by atoms with E-state index in [4.69, 9.17) is 9.47 Å². The van der Waals surface area contributed by atoms with Gasteiger partial charge in [0.25, 0.3) is 0 Å². The van der Waals surface area contributed by atoms with Crippen molar-refractivity contribution in [2.24, 2.45) is 0 Å². The van der Waals surface area contributed by atoms with Gasteiger partial charge in [0.15, 0.2) is 0 Å². The van der Waals surface area contributed by atoms with Crippen LogP contribution in [0.5, 0.6) is 5.75 Å². The van der Waals surface area contributed by atoms with Crippen LogP contribution in [0.15, 0.2) is 29.4 Å². The molecule has 142 valence electrons. The van der Waals surface area contributed by atoms with Crippen LogP contribution in [-0.4, -0.2) is 49.3 Å². The number of aromatic nitrogens is 2. The molecule has 1 aromatic carbocycles. The van der Waals surface area contributed by atoms with Crippen molar-refractivity contribution in [2.75, 3.05) is 26.8 Å². The summed E-state index contributed by atoms with van der Waals surface area (Å²) in [4.78, 5) is 0.290. The molecular weight excluding hydrogens is 354 g/mol. The Bertz CT molecular complexity index is 869. The first-order chi connectivity index (χ1) is 12.4. The van der Waals surface area contributed by atoms with Crippen LogP contribution in [0.4, 0.5) is 0 Å². The van der Waals surface area contributed by atoms with Gasteiger partial charge in [-0.2, -0.15) is 9.40 Å². The minimum Gasteiger partial charge on any atom is -0.496 e. The normalized spacial score (nSPS) is 18.8. The van der Waals surface area contributed by atoms with E-state index in [1.807, 2.05) is 31.6 Å². The third-order valence-electron chi connectivity index (χ3n) is 4.65. The zero-order valence-electron chi connectivity index (χ0n) is 15.6. The van der Waals surface area contributed by atoms with Crippen molar-refractivity contribution in [1.29, 1.82) is 0 Å². The van der Waals surface area contributed by atoms with E-state index in [2.05, 4.69) is 5.10 Å². The van der Waals surface area contributed by atoms with Crippen molar-refractivity contribution in [2.45, 2.75) is 38.3 Å². The second-order valence-corrected chi connectivity index (χ2v) is 8.38. The van der Waals surface area contributed by atoms with Crippen LogP contribution < -0.4 is 4.74 Å². The van der Waals surface area contributed by atoms with Gasteiger partial charge in [-0.1, -0.05) is 0 Å². The first-order valence-electron chi connectivity index (χ1n) is 8.66. The van der Waals surface area contributed by atoms with Gasteiger partial charge in [-0.3, -0.25) is 4.68 Å². The highest BCUT2D eigenvalue weighted by molar-refractivity contribution is 7.89. The standard InChI is InChI=1S/C18H25N3O4S/c1-5-20-11-15(10-19-20)17-12-21(6-7-25-17)26(22,23)16-8-13(2)18(24-4)14(3)9-16/h8-11,17H,5-7,12H2,1-4H3. The van der Waals surface area contributed by atoms with Crippen LogP contribution in [0.3, 0.4) is 0 Å². The third-order valence-corrected chi connectivity index (χ3v) is 6.50. The van der Waals surface area contributed by atoms with E-state index in [1.165, 1.54) is 4.31 Å². The van der Waals surface area contributed by atoms with Gasteiger partial charge in [0, 0.05) is 31.4 Å². The Morgan fingerprint density at radius 1 is 1.31 bits per heavy atom. The fourth-order valence-corrected chi connectivity index (χ4v) is 4.89. The molecule has 0 bridgehead atoms. The van der Waals surface area contributed by atoms with Crippen LogP contribution in [-0.2, 0) is 21.3 Å². The molecule has 1 fully saturated rings. The summed E-state index contributed by atoms with van der Waals surface area (Å²) in [6, 6.07) is 3.33. The Hall–Kier alpha value is -1.90. The number of morpholine rings is 1. The molecule has 2 aromatic rings. The molecule has 7 nitrogen and oxygen atoms in total. The van der Waals surface area contributed by atoms with Gasteiger partial charge in [-0.25, -0.2) is 8.42 Å². The minimum absolute atomic E-state index is 0.280. The maximum absolute atomic E-state index is 13.1. The number of hydrogen-bond donors (Lipinski definition) is 0. The average molecular weight is 379 g/mol. The van der Waals surface area contributed by atoms with Crippen molar-refractivity contribution in [3.8, 4) is 5.75 Å². The molecule has 0 spiro atoms. The first-order valence-corrected chi connectivity index (χ1v) is 10.1. The number of aryl methyl sites for hydroxylation is 3. The molecule has 0 saturated carbocycles. The lowest BCUT2D eigenvalue weighted by Crippen LogP contribution is -2.42. The molecule has 1 aromatic heterocycles. The summed E-state index contributed by atoms with van der Waals surface area (Å²) in [6.45, 7) is 7.45. The maximum Gasteiger partial charge on any atom is 0.243 e. The summed E-state index contributed by atoms with van der Waals surface area (Å²) in [6.07, 6.45) is 3.34. The largest absolute Gasteiger partial charge is 0.496 e. The van der Waals surface area contributed by atoms with E-state index in [1.54, 1.807) is 25.4 Å². The molecule has 1 atom stereocenters. The number of ether oxygens (including phenoxy) is 2. The molecule has 0 N–H and O–H groups in total. The van der Waals surface area contributed by atoms with Crippen molar-refractivity contribution >= 4 is 10.0 Å². The van der Waals surface area contributed by atoms with Crippen LogP contribution in [0, 0.1) is 13.8 Å². The lowest BCUT2D eigenvalue weighted by atomic mass is 10.1. The predicted octanol–water partition coefficient (Wildman–Crippen LogP) is 2.29. The molecule has 0 aliphatic carbocycles. The highest BCUT2D eigenvalue weighted by Gasteiger charge is 2.32. The van der Waals surface area contributed by atoms with Crippen molar-refractivity contribution in [1.82, 2.24) is 14.1 Å². The fraction of sp³-hybridized carbons (Fsp3) is 0.500. The Kier molecular flexibility index (Phi) is 5.36. The number of benzene rings is 1. The summed E-state index contributed by atoms with van der Waals surface area (Å²) in [5.74, 6) is 0.718. The monoisotopic (exact) mass is 379 g/mol. The first kappa shape index (κ1) is 18.9. The summed E-state index contributed by atoms with van der Waals surface area (Å²) in [5, 5.41) is 4.25. The number of methoxy groups -OCH3 is 1. The van der Waals surface area contributed by atoms with Gasteiger partial charge >= 0.3 is 0 Å². The van der Waals surface area contributed by atoms with Crippen LogP contribution in [0.25, 0.3) is 0 Å². The topological polar surface area (TPSA) is 73.7 Å². The highest BCUT2D eigenvalue weighted by Crippen LogP contribution is 2.30. The maximum atomic E-state index is 13.1. The van der Waals surface area contributed by atoms with Crippen LogP contribution in [0.1, 0.15) is 29.7 Å². The second kappa shape index (κ2) is 7.38. The molecular formula is C18H25N3O4S. The second-order valence-electron chi connectivity index (χ2n) is 6.44. The third kappa shape index (κ3) is 3.49.